The van der Waals surface area contributed by atoms with Crippen molar-refractivity contribution in [2.24, 2.45) is 0 Å². The molecule has 25 heavy (non-hydrogen) atoms. The zero-order valence-electron chi connectivity index (χ0n) is 14.1. The molecule has 0 heterocycles. The lowest BCUT2D eigenvalue weighted by molar-refractivity contribution is -0.142. The average molecular weight is 371 g/mol. The minimum atomic E-state index is -3.98. The summed E-state index contributed by atoms with van der Waals surface area (Å²) in [6.07, 6.45) is 0.172. The third kappa shape index (κ3) is 6.16. The molecule has 0 aliphatic carbocycles. The van der Waals surface area contributed by atoms with E-state index in [1.807, 2.05) is 0 Å². The number of amides is 2. The molecule has 138 valence electrons. The standard InChI is InChI=1S/C15H21N3O6S/c1-4-13(15(21)22)17-14(20)9(2)18-25(23,24)12-7-5-11(6-8-12)16-10(3)19/h5-9,13,18H,4H2,1-3H3,(H,16,19)(H,17,20)(H,21,22). The molecule has 0 saturated carbocycles. The summed E-state index contributed by atoms with van der Waals surface area (Å²) in [5.41, 5.74) is 0.435. The molecule has 0 aliphatic heterocycles. The molecular weight excluding hydrogens is 350 g/mol. The van der Waals surface area contributed by atoms with Crippen molar-refractivity contribution in [1.29, 1.82) is 0 Å². The number of carboxylic acids is 1. The van der Waals surface area contributed by atoms with Crippen molar-refractivity contribution >= 4 is 33.5 Å². The van der Waals surface area contributed by atoms with Gasteiger partial charge in [0.25, 0.3) is 0 Å². The maximum atomic E-state index is 12.3. The smallest absolute Gasteiger partial charge is 0.326 e. The molecule has 4 N–H and O–H groups in total. The van der Waals surface area contributed by atoms with E-state index in [-0.39, 0.29) is 17.2 Å². The van der Waals surface area contributed by atoms with Gasteiger partial charge in [0.15, 0.2) is 0 Å². The van der Waals surface area contributed by atoms with E-state index < -0.39 is 34.0 Å². The molecule has 0 radical (unpaired) electrons. The van der Waals surface area contributed by atoms with E-state index in [1.54, 1.807) is 6.92 Å². The molecule has 0 bridgehead atoms. The van der Waals surface area contributed by atoms with Gasteiger partial charge in [0, 0.05) is 12.6 Å². The summed E-state index contributed by atoms with van der Waals surface area (Å²) >= 11 is 0. The molecular formula is C15H21N3O6S. The lowest BCUT2D eigenvalue weighted by Crippen LogP contribution is -2.50. The van der Waals surface area contributed by atoms with Crippen molar-refractivity contribution < 1.29 is 27.9 Å². The van der Waals surface area contributed by atoms with Crippen molar-refractivity contribution in [2.75, 3.05) is 5.32 Å². The average Bonchev–Trinajstić information content (AvgIpc) is 2.51. The number of carboxylic acid groups (broad SMARTS) is 1. The number of hydrogen-bond acceptors (Lipinski definition) is 5. The van der Waals surface area contributed by atoms with Gasteiger partial charge in [-0.25, -0.2) is 13.2 Å². The summed E-state index contributed by atoms with van der Waals surface area (Å²) in [6.45, 7) is 4.23. The van der Waals surface area contributed by atoms with Gasteiger partial charge in [0.2, 0.25) is 21.8 Å². The summed E-state index contributed by atoms with van der Waals surface area (Å²) in [7, 11) is -3.98. The van der Waals surface area contributed by atoms with Crippen LogP contribution in [0.25, 0.3) is 0 Å². The van der Waals surface area contributed by atoms with Crippen molar-refractivity contribution in [3.05, 3.63) is 24.3 Å². The van der Waals surface area contributed by atoms with Crippen LogP contribution < -0.4 is 15.4 Å². The SMILES string of the molecule is CCC(NC(=O)C(C)NS(=O)(=O)c1ccc(NC(C)=O)cc1)C(=O)O. The first-order valence-electron chi connectivity index (χ1n) is 7.50. The number of aliphatic carboxylic acids is 1. The number of carbonyl (C=O) groups excluding carboxylic acids is 2. The van der Waals surface area contributed by atoms with E-state index in [4.69, 9.17) is 5.11 Å². The molecule has 9 nitrogen and oxygen atoms in total. The zero-order valence-corrected chi connectivity index (χ0v) is 14.9. The van der Waals surface area contributed by atoms with Crippen molar-refractivity contribution in [1.82, 2.24) is 10.0 Å². The van der Waals surface area contributed by atoms with Gasteiger partial charge in [0.05, 0.1) is 10.9 Å². The first kappa shape index (κ1) is 20.6. The summed E-state index contributed by atoms with van der Waals surface area (Å²) in [4.78, 5) is 33.7. The maximum absolute atomic E-state index is 12.3. The molecule has 0 saturated heterocycles. The van der Waals surface area contributed by atoms with E-state index >= 15 is 0 Å². The van der Waals surface area contributed by atoms with Crippen LogP contribution in [-0.4, -0.2) is 43.4 Å². The lowest BCUT2D eigenvalue weighted by Gasteiger charge is -2.17. The number of nitrogens with one attached hydrogen (secondary N) is 3. The van der Waals surface area contributed by atoms with Gasteiger partial charge >= 0.3 is 5.97 Å². The highest BCUT2D eigenvalue weighted by Crippen LogP contribution is 2.14. The molecule has 2 atom stereocenters. The van der Waals surface area contributed by atoms with E-state index in [0.717, 1.165) is 0 Å². The molecule has 1 aromatic rings. The summed E-state index contributed by atoms with van der Waals surface area (Å²) < 4.78 is 26.7. The van der Waals surface area contributed by atoms with Gasteiger partial charge in [-0.3, -0.25) is 9.59 Å². The fraction of sp³-hybridized carbons (Fsp3) is 0.400. The van der Waals surface area contributed by atoms with E-state index in [2.05, 4.69) is 15.4 Å². The molecule has 1 aromatic carbocycles. The molecule has 2 unspecified atom stereocenters. The third-order valence-corrected chi connectivity index (χ3v) is 4.79. The number of anilines is 1. The van der Waals surface area contributed by atoms with Gasteiger partial charge in [-0.15, -0.1) is 0 Å². The van der Waals surface area contributed by atoms with Crippen LogP contribution in [-0.2, 0) is 24.4 Å². The number of hydrogen-bond donors (Lipinski definition) is 4. The van der Waals surface area contributed by atoms with Gasteiger partial charge in [-0.1, -0.05) is 6.92 Å². The highest BCUT2D eigenvalue weighted by atomic mass is 32.2. The van der Waals surface area contributed by atoms with Crippen LogP contribution in [0.3, 0.4) is 0 Å². The highest BCUT2D eigenvalue weighted by molar-refractivity contribution is 7.89. The first-order valence-corrected chi connectivity index (χ1v) is 8.98. The molecule has 0 fully saturated rings. The van der Waals surface area contributed by atoms with Crippen LogP contribution in [0.4, 0.5) is 5.69 Å². The lowest BCUT2D eigenvalue weighted by atomic mass is 10.2. The molecule has 2 amide bonds. The molecule has 0 spiro atoms. The first-order chi connectivity index (χ1) is 11.6. The van der Waals surface area contributed by atoms with E-state index in [0.29, 0.717) is 5.69 Å². The Morgan fingerprint density at radius 2 is 1.72 bits per heavy atom. The largest absolute Gasteiger partial charge is 0.480 e. The van der Waals surface area contributed by atoms with Gasteiger partial charge in [0.1, 0.15) is 6.04 Å². The van der Waals surface area contributed by atoms with Crippen LogP contribution in [0.2, 0.25) is 0 Å². The number of carbonyl (C=O) groups is 3. The number of benzene rings is 1. The highest BCUT2D eigenvalue weighted by Gasteiger charge is 2.25. The second kappa shape index (κ2) is 8.58. The zero-order chi connectivity index (χ0) is 19.2. The normalized spacial score (nSPS) is 13.6. The number of sulfonamides is 1. The Morgan fingerprint density at radius 3 is 2.16 bits per heavy atom. The van der Waals surface area contributed by atoms with E-state index in [1.165, 1.54) is 38.1 Å². The minimum absolute atomic E-state index is 0.0912. The maximum Gasteiger partial charge on any atom is 0.326 e. The van der Waals surface area contributed by atoms with Crippen molar-refractivity contribution in [2.45, 2.75) is 44.2 Å². The van der Waals surface area contributed by atoms with Crippen LogP contribution in [0.5, 0.6) is 0 Å². The predicted molar refractivity (Wildman–Crippen MR) is 90.4 cm³/mol. The van der Waals surface area contributed by atoms with Crippen molar-refractivity contribution in [3.8, 4) is 0 Å². The van der Waals surface area contributed by atoms with Crippen LogP contribution >= 0.6 is 0 Å². The van der Waals surface area contributed by atoms with Gasteiger partial charge < -0.3 is 15.7 Å². The third-order valence-electron chi connectivity index (χ3n) is 3.23. The Hall–Kier alpha value is -2.46. The Balaban J connectivity index is 2.80. The molecule has 1 rings (SSSR count). The second-order valence-corrected chi connectivity index (χ2v) is 7.07. The second-order valence-electron chi connectivity index (χ2n) is 5.36. The van der Waals surface area contributed by atoms with Crippen LogP contribution in [0.15, 0.2) is 29.2 Å². The quantitative estimate of drug-likeness (QED) is 0.517. The monoisotopic (exact) mass is 371 g/mol. The molecule has 0 aromatic heterocycles. The molecule has 0 aliphatic rings. The topological polar surface area (TPSA) is 142 Å². The summed E-state index contributed by atoms with van der Waals surface area (Å²) in [6, 6.07) is 3.15. The summed E-state index contributed by atoms with van der Waals surface area (Å²) in [5.74, 6) is -2.23. The Bertz CT molecular complexity index is 745. The predicted octanol–water partition coefficient (Wildman–Crippen LogP) is 0.291. The fourth-order valence-corrected chi connectivity index (χ4v) is 3.11. The fourth-order valence-electron chi connectivity index (χ4n) is 1.91. The van der Waals surface area contributed by atoms with Gasteiger partial charge in [-0.2, -0.15) is 4.72 Å². The Morgan fingerprint density at radius 1 is 1.16 bits per heavy atom. The minimum Gasteiger partial charge on any atom is -0.480 e. The Kier molecular flexibility index (Phi) is 7.07. The molecule has 10 heteroatoms. The number of rotatable bonds is 8. The Labute approximate surface area is 145 Å². The summed E-state index contributed by atoms with van der Waals surface area (Å²) in [5, 5.41) is 13.7. The van der Waals surface area contributed by atoms with Crippen molar-refractivity contribution in [3.63, 3.8) is 0 Å². The van der Waals surface area contributed by atoms with Crippen LogP contribution in [0.1, 0.15) is 27.2 Å². The van der Waals surface area contributed by atoms with E-state index in [9.17, 15) is 22.8 Å². The van der Waals surface area contributed by atoms with Crippen LogP contribution in [0, 0.1) is 0 Å². The van der Waals surface area contributed by atoms with Gasteiger partial charge in [-0.05, 0) is 37.6 Å².